The van der Waals surface area contributed by atoms with Gasteiger partial charge in [0.2, 0.25) is 5.91 Å². The van der Waals surface area contributed by atoms with Gasteiger partial charge in [-0.25, -0.2) is 9.78 Å². The Bertz CT molecular complexity index is 1170. The zero-order valence-electron chi connectivity index (χ0n) is 21.0. The number of amides is 3. The molecule has 0 aliphatic carbocycles. The number of aromatic nitrogens is 1. The second kappa shape index (κ2) is 11.7. The largest absolute Gasteiger partial charge is 0.369 e. The van der Waals surface area contributed by atoms with E-state index in [-0.39, 0.29) is 24.4 Å². The molecule has 2 heterocycles. The molecule has 3 aromatic rings. The normalized spacial score (nSPS) is 14.0. The molecule has 1 aliphatic rings. The van der Waals surface area contributed by atoms with Crippen LogP contribution in [0.4, 0.5) is 16.3 Å². The van der Waals surface area contributed by atoms with Crippen LogP contribution in [-0.2, 0) is 17.6 Å². The van der Waals surface area contributed by atoms with Gasteiger partial charge in [-0.15, -0.1) is 0 Å². The van der Waals surface area contributed by atoms with Gasteiger partial charge >= 0.3 is 6.03 Å². The second-order valence-electron chi connectivity index (χ2n) is 9.76. The van der Waals surface area contributed by atoms with E-state index in [1.807, 2.05) is 43.0 Å². The number of hydrogen-bond acceptors (Lipinski definition) is 4. The number of urea groups is 1. The molecule has 0 atom stereocenters. The molecule has 1 saturated heterocycles. The standard InChI is InChI=1S/C29H35N5O2/c1-20(2)32-29(36)34-14-12-23(13-15-34)22-8-10-26(11-9-22)33-28-18-24(16-21-6-4-3-5-7-21)25(19-31-28)17-27(30)35/h3-11,18-20,23H,12-17H2,1-2H3,(H2,30,35)(H,31,33)(H,32,36). The average molecular weight is 486 g/mol. The highest BCUT2D eigenvalue weighted by Gasteiger charge is 2.24. The quantitative estimate of drug-likeness (QED) is 0.429. The molecular weight excluding hydrogens is 450 g/mol. The Labute approximate surface area is 213 Å². The Morgan fingerprint density at radius 3 is 2.36 bits per heavy atom. The van der Waals surface area contributed by atoms with Crippen LogP contribution in [0.2, 0.25) is 0 Å². The van der Waals surface area contributed by atoms with Crippen molar-refractivity contribution in [3.8, 4) is 0 Å². The molecule has 36 heavy (non-hydrogen) atoms. The predicted octanol–water partition coefficient (Wildman–Crippen LogP) is 4.74. The maximum atomic E-state index is 12.2. The predicted molar refractivity (Wildman–Crippen MR) is 143 cm³/mol. The summed E-state index contributed by atoms with van der Waals surface area (Å²) in [7, 11) is 0. The van der Waals surface area contributed by atoms with Gasteiger partial charge in [-0.2, -0.15) is 0 Å². The van der Waals surface area contributed by atoms with Gasteiger partial charge in [-0.1, -0.05) is 42.5 Å². The molecule has 1 fully saturated rings. The van der Waals surface area contributed by atoms with E-state index in [0.29, 0.717) is 12.3 Å². The maximum absolute atomic E-state index is 12.2. The first-order valence-electron chi connectivity index (χ1n) is 12.6. The summed E-state index contributed by atoms with van der Waals surface area (Å²) in [6.45, 7) is 5.51. The van der Waals surface area contributed by atoms with Crippen LogP contribution in [0.3, 0.4) is 0 Å². The highest BCUT2D eigenvalue weighted by molar-refractivity contribution is 5.77. The molecule has 0 saturated carbocycles. The minimum Gasteiger partial charge on any atom is -0.369 e. The number of likely N-dealkylation sites (tertiary alicyclic amines) is 1. The third-order valence-electron chi connectivity index (χ3n) is 6.53. The molecule has 7 heteroatoms. The molecule has 3 amide bonds. The Morgan fingerprint density at radius 2 is 1.72 bits per heavy atom. The van der Waals surface area contributed by atoms with Crippen molar-refractivity contribution in [3.05, 3.63) is 89.1 Å². The van der Waals surface area contributed by atoms with Gasteiger partial charge in [0.05, 0.1) is 6.42 Å². The van der Waals surface area contributed by atoms with Crippen molar-refractivity contribution in [1.82, 2.24) is 15.2 Å². The number of anilines is 2. The first-order chi connectivity index (χ1) is 17.4. The van der Waals surface area contributed by atoms with Gasteiger partial charge in [-0.05, 0) is 79.5 Å². The van der Waals surface area contributed by atoms with Crippen LogP contribution in [0.15, 0.2) is 66.9 Å². The van der Waals surface area contributed by atoms with Crippen LogP contribution in [-0.4, -0.2) is 41.0 Å². The third kappa shape index (κ3) is 6.84. The fourth-order valence-electron chi connectivity index (χ4n) is 4.66. The van der Waals surface area contributed by atoms with E-state index in [2.05, 4.69) is 52.0 Å². The molecule has 2 aromatic carbocycles. The summed E-state index contributed by atoms with van der Waals surface area (Å²) in [5.41, 5.74) is 10.7. The van der Waals surface area contributed by atoms with E-state index in [1.54, 1.807) is 6.20 Å². The molecule has 7 nitrogen and oxygen atoms in total. The zero-order chi connectivity index (χ0) is 25.5. The van der Waals surface area contributed by atoms with Gasteiger partial charge in [-0.3, -0.25) is 4.79 Å². The van der Waals surface area contributed by atoms with E-state index in [1.165, 1.54) is 5.56 Å². The number of piperidine rings is 1. The Balaban J connectivity index is 1.40. The van der Waals surface area contributed by atoms with Crippen molar-refractivity contribution < 1.29 is 9.59 Å². The first-order valence-corrected chi connectivity index (χ1v) is 12.6. The van der Waals surface area contributed by atoms with Crippen LogP contribution >= 0.6 is 0 Å². The lowest BCUT2D eigenvalue weighted by atomic mass is 9.89. The maximum Gasteiger partial charge on any atom is 0.317 e. The van der Waals surface area contributed by atoms with Crippen molar-refractivity contribution in [2.24, 2.45) is 5.73 Å². The zero-order valence-corrected chi connectivity index (χ0v) is 21.0. The van der Waals surface area contributed by atoms with Crippen molar-refractivity contribution in [3.63, 3.8) is 0 Å². The Morgan fingerprint density at radius 1 is 1.03 bits per heavy atom. The summed E-state index contributed by atoms with van der Waals surface area (Å²) < 4.78 is 0. The molecule has 1 aliphatic heterocycles. The third-order valence-corrected chi connectivity index (χ3v) is 6.53. The van der Waals surface area contributed by atoms with Crippen LogP contribution in [0, 0.1) is 0 Å². The summed E-state index contributed by atoms with van der Waals surface area (Å²) in [5, 5.41) is 6.37. The molecule has 0 spiro atoms. The van der Waals surface area contributed by atoms with Gasteiger partial charge in [0.1, 0.15) is 5.82 Å². The number of hydrogen-bond donors (Lipinski definition) is 3. The first kappa shape index (κ1) is 25.2. The second-order valence-corrected chi connectivity index (χ2v) is 9.76. The van der Waals surface area contributed by atoms with E-state index < -0.39 is 0 Å². The molecule has 188 valence electrons. The number of carbonyl (C=O) groups excluding carboxylic acids is 2. The number of benzene rings is 2. The molecule has 4 N–H and O–H groups in total. The molecule has 0 bridgehead atoms. The minimum atomic E-state index is -0.367. The fourth-order valence-corrected chi connectivity index (χ4v) is 4.66. The molecular formula is C29H35N5O2. The summed E-state index contributed by atoms with van der Waals surface area (Å²) in [4.78, 5) is 30.2. The average Bonchev–Trinajstić information content (AvgIpc) is 2.86. The van der Waals surface area contributed by atoms with E-state index >= 15 is 0 Å². The minimum absolute atomic E-state index is 0.0315. The highest BCUT2D eigenvalue weighted by atomic mass is 16.2. The van der Waals surface area contributed by atoms with E-state index in [9.17, 15) is 9.59 Å². The number of nitrogens with one attached hydrogen (secondary N) is 2. The summed E-state index contributed by atoms with van der Waals surface area (Å²) >= 11 is 0. The monoisotopic (exact) mass is 485 g/mol. The summed E-state index contributed by atoms with van der Waals surface area (Å²) in [6, 6.07) is 20.8. The van der Waals surface area contributed by atoms with Gasteiger partial charge in [0.15, 0.2) is 0 Å². The van der Waals surface area contributed by atoms with Crippen molar-refractivity contribution >= 4 is 23.4 Å². The molecule has 1 aromatic heterocycles. The number of primary amides is 1. The van der Waals surface area contributed by atoms with Crippen molar-refractivity contribution in [2.75, 3.05) is 18.4 Å². The molecule has 0 radical (unpaired) electrons. The van der Waals surface area contributed by atoms with Crippen molar-refractivity contribution in [1.29, 1.82) is 0 Å². The lowest BCUT2D eigenvalue weighted by Gasteiger charge is -2.32. The fraction of sp³-hybridized carbons (Fsp3) is 0.345. The van der Waals surface area contributed by atoms with Gasteiger partial charge < -0.3 is 21.3 Å². The number of pyridine rings is 1. The number of nitrogens with zero attached hydrogens (tertiary/aromatic N) is 2. The van der Waals surface area contributed by atoms with Crippen LogP contribution in [0.25, 0.3) is 0 Å². The van der Waals surface area contributed by atoms with Gasteiger partial charge in [0.25, 0.3) is 0 Å². The molecule has 4 rings (SSSR count). The summed E-state index contributed by atoms with van der Waals surface area (Å²) in [5.74, 6) is 0.811. The number of carbonyl (C=O) groups is 2. The summed E-state index contributed by atoms with van der Waals surface area (Å²) in [6.07, 6.45) is 4.53. The topological polar surface area (TPSA) is 100 Å². The molecule has 0 unspecified atom stereocenters. The van der Waals surface area contributed by atoms with Crippen LogP contribution in [0.1, 0.15) is 54.9 Å². The van der Waals surface area contributed by atoms with E-state index in [4.69, 9.17) is 5.73 Å². The lowest BCUT2D eigenvalue weighted by Crippen LogP contribution is -2.46. The van der Waals surface area contributed by atoms with E-state index in [0.717, 1.165) is 54.1 Å². The highest BCUT2D eigenvalue weighted by Crippen LogP contribution is 2.29. The lowest BCUT2D eigenvalue weighted by molar-refractivity contribution is -0.117. The SMILES string of the molecule is CC(C)NC(=O)N1CCC(c2ccc(Nc3cc(Cc4ccccc4)c(CC(N)=O)cn3)cc2)CC1. The Hall–Kier alpha value is -3.87. The number of nitrogens with two attached hydrogens (primary N) is 1. The van der Waals surface area contributed by atoms with Crippen LogP contribution < -0.4 is 16.4 Å². The number of rotatable bonds is 8. The van der Waals surface area contributed by atoms with Crippen LogP contribution in [0.5, 0.6) is 0 Å². The van der Waals surface area contributed by atoms with Crippen molar-refractivity contribution in [2.45, 2.75) is 51.5 Å². The smallest absolute Gasteiger partial charge is 0.317 e. The van der Waals surface area contributed by atoms with Gasteiger partial charge in [0, 0.05) is 31.0 Å². The Kier molecular flexibility index (Phi) is 8.21.